The zero-order chi connectivity index (χ0) is 19.3. The molecule has 0 aliphatic carbocycles. The molecule has 0 fully saturated rings. The topological polar surface area (TPSA) is 26.7 Å². The van der Waals surface area contributed by atoms with Crippen LogP contribution < -0.4 is 9.80 Å². The Bertz CT molecular complexity index is 657. The molecule has 0 aliphatic heterocycles. The number of aliphatic hydroxyl groups excluding tert-OH is 1. The molecule has 2 aromatic carbocycles. The van der Waals surface area contributed by atoms with Gasteiger partial charge in [0.2, 0.25) is 0 Å². The molecule has 142 valence electrons. The molecular formula is C23H34N2O. The first kappa shape index (κ1) is 20.3. The number of aryl methyl sites for hydroxylation is 2. The van der Waals surface area contributed by atoms with Crippen molar-refractivity contribution in [1.29, 1.82) is 0 Å². The van der Waals surface area contributed by atoms with E-state index in [1.165, 1.54) is 11.4 Å². The number of rotatable bonds is 8. The molecule has 0 bridgehead atoms. The van der Waals surface area contributed by atoms with Crippen molar-refractivity contribution in [2.75, 3.05) is 36.0 Å². The summed E-state index contributed by atoms with van der Waals surface area (Å²) in [4.78, 5) is 4.65. The highest BCUT2D eigenvalue weighted by atomic mass is 16.3. The Morgan fingerprint density at radius 1 is 0.692 bits per heavy atom. The van der Waals surface area contributed by atoms with E-state index in [-0.39, 0.29) is 0 Å². The Balaban J connectivity index is 2.32. The van der Waals surface area contributed by atoms with Crippen LogP contribution in [-0.4, -0.2) is 31.3 Å². The van der Waals surface area contributed by atoms with Gasteiger partial charge in [-0.1, -0.05) is 12.1 Å². The predicted octanol–water partition coefficient (Wildman–Crippen LogP) is 5.08. The van der Waals surface area contributed by atoms with E-state index in [0.717, 1.165) is 48.4 Å². The quantitative estimate of drug-likeness (QED) is 0.716. The van der Waals surface area contributed by atoms with Crippen LogP contribution in [0.5, 0.6) is 0 Å². The summed E-state index contributed by atoms with van der Waals surface area (Å²) >= 11 is 0. The van der Waals surface area contributed by atoms with Crippen LogP contribution in [0.2, 0.25) is 0 Å². The van der Waals surface area contributed by atoms with Crippen LogP contribution in [-0.2, 0) is 0 Å². The summed E-state index contributed by atoms with van der Waals surface area (Å²) in [6.45, 7) is 16.8. The molecule has 0 saturated heterocycles. The van der Waals surface area contributed by atoms with Crippen molar-refractivity contribution >= 4 is 11.4 Å². The number of benzene rings is 2. The average molecular weight is 355 g/mol. The van der Waals surface area contributed by atoms with Crippen molar-refractivity contribution in [1.82, 2.24) is 0 Å². The van der Waals surface area contributed by atoms with E-state index in [2.05, 4.69) is 87.7 Å². The first-order chi connectivity index (χ1) is 12.5. The molecule has 0 amide bonds. The highest BCUT2D eigenvalue weighted by molar-refractivity contribution is 5.55. The molecule has 0 aliphatic rings. The molecular weight excluding hydrogens is 320 g/mol. The smallest absolute Gasteiger partial charge is 0.105 e. The van der Waals surface area contributed by atoms with E-state index >= 15 is 0 Å². The molecule has 0 atom stereocenters. The van der Waals surface area contributed by atoms with Crippen LogP contribution in [0.4, 0.5) is 11.4 Å². The second-order valence-electron chi connectivity index (χ2n) is 6.83. The van der Waals surface area contributed by atoms with Crippen molar-refractivity contribution in [3.05, 3.63) is 58.7 Å². The molecule has 0 spiro atoms. The lowest BCUT2D eigenvalue weighted by Gasteiger charge is -2.25. The number of nitrogens with zero attached hydrogens (tertiary/aromatic N) is 2. The van der Waals surface area contributed by atoms with Gasteiger partial charge in [0.05, 0.1) is 0 Å². The minimum absolute atomic E-state index is 0.591. The Morgan fingerprint density at radius 3 is 1.31 bits per heavy atom. The van der Waals surface area contributed by atoms with E-state index in [1.54, 1.807) is 0 Å². The summed E-state index contributed by atoms with van der Waals surface area (Å²) in [5.74, 6) is 0. The Hall–Kier alpha value is -2.00. The van der Waals surface area contributed by atoms with Crippen LogP contribution >= 0.6 is 0 Å². The van der Waals surface area contributed by atoms with E-state index in [9.17, 15) is 5.11 Å². The van der Waals surface area contributed by atoms with Crippen molar-refractivity contribution < 1.29 is 5.11 Å². The molecule has 0 heterocycles. The molecule has 0 saturated carbocycles. The lowest BCUT2D eigenvalue weighted by Crippen LogP contribution is -2.22. The Kier molecular flexibility index (Phi) is 7.10. The van der Waals surface area contributed by atoms with Gasteiger partial charge in [0, 0.05) is 37.6 Å². The summed E-state index contributed by atoms with van der Waals surface area (Å²) in [7, 11) is 0. The highest BCUT2D eigenvalue weighted by Crippen LogP contribution is 2.31. The van der Waals surface area contributed by atoms with E-state index in [4.69, 9.17) is 0 Å². The van der Waals surface area contributed by atoms with Gasteiger partial charge in [-0.2, -0.15) is 0 Å². The predicted molar refractivity (Wildman–Crippen MR) is 114 cm³/mol. The maximum absolute atomic E-state index is 11.0. The van der Waals surface area contributed by atoms with Gasteiger partial charge >= 0.3 is 0 Å². The third-order valence-electron chi connectivity index (χ3n) is 5.35. The largest absolute Gasteiger partial charge is 0.384 e. The minimum atomic E-state index is -0.591. The van der Waals surface area contributed by atoms with Crippen LogP contribution in [0.3, 0.4) is 0 Å². The van der Waals surface area contributed by atoms with Crippen molar-refractivity contribution in [3.63, 3.8) is 0 Å². The zero-order valence-electron chi connectivity index (χ0n) is 17.2. The molecule has 2 aromatic rings. The van der Waals surface area contributed by atoms with Crippen LogP contribution in [0, 0.1) is 13.8 Å². The molecule has 0 radical (unpaired) electrons. The van der Waals surface area contributed by atoms with E-state index < -0.39 is 6.10 Å². The number of aliphatic hydroxyl groups is 1. The van der Waals surface area contributed by atoms with Crippen molar-refractivity contribution in [2.24, 2.45) is 0 Å². The number of hydrogen-bond donors (Lipinski definition) is 1. The summed E-state index contributed by atoms with van der Waals surface area (Å²) in [5.41, 5.74) is 6.68. The van der Waals surface area contributed by atoms with Gasteiger partial charge in [0.1, 0.15) is 6.10 Å². The van der Waals surface area contributed by atoms with Crippen LogP contribution in [0.15, 0.2) is 36.4 Å². The molecule has 0 aromatic heterocycles. The summed E-state index contributed by atoms with van der Waals surface area (Å²) in [6.07, 6.45) is -0.591. The standard InChI is InChI=1S/C23H34N2O/c1-7-24(8-2)19-11-13-21(17(5)15-19)23(26)22-14-12-20(16-18(22)6)25(9-3)10-4/h11-16,23,26H,7-10H2,1-6H3. The van der Waals surface area contributed by atoms with E-state index in [1.807, 2.05) is 0 Å². The Morgan fingerprint density at radius 2 is 1.04 bits per heavy atom. The second-order valence-corrected chi connectivity index (χ2v) is 6.83. The zero-order valence-corrected chi connectivity index (χ0v) is 17.2. The van der Waals surface area contributed by atoms with Gasteiger partial charge in [-0.15, -0.1) is 0 Å². The lowest BCUT2D eigenvalue weighted by atomic mass is 9.93. The third kappa shape index (κ3) is 4.21. The minimum Gasteiger partial charge on any atom is -0.384 e. The maximum atomic E-state index is 11.0. The van der Waals surface area contributed by atoms with Gasteiger partial charge < -0.3 is 14.9 Å². The summed E-state index contributed by atoms with van der Waals surface area (Å²) in [6, 6.07) is 12.8. The monoisotopic (exact) mass is 354 g/mol. The molecule has 26 heavy (non-hydrogen) atoms. The lowest BCUT2D eigenvalue weighted by molar-refractivity contribution is 0.219. The SMILES string of the molecule is CCN(CC)c1ccc(C(O)c2ccc(N(CC)CC)cc2C)c(C)c1. The molecule has 0 unspecified atom stereocenters. The molecule has 3 nitrogen and oxygen atoms in total. The van der Waals surface area contributed by atoms with Crippen LogP contribution in [0.25, 0.3) is 0 Å². The fraction of sp³-hybridized carbons (Fsp3) is 0.478. The number of anilines is 2. The fourth-order valence-corrected chi connectivity index (χ4v) is 3.67. The fourth-order valence-electron chi connectivity index (χ4n) is 3.67. The van der Waals surface area contributed by atoms with Gasteiger partial charge in [-0.25, -0.2) is 0 Å². The highest BCUT2D eigenvalue weighted by Gasteiger charge is 2.17. The van der Waals surface area contributed by atoms with E-state index in [0.29, 0.717) is 0 Å². The van der Waals surface area contributed by atoms with Gasteiger partial charge in [0.15, 0.2) is 0 Å². The first-order valence-electron chi connectivity index (χ1n) is 9.85. The molecule has 2 rings (SSSR count). The first-order valence-corrected chi connectivity index (χ1v) is 9.85. The summed E-state index contributed by atoms with van der Waals surface area (Å²) in [5, 5.41) is 11.0. The van der Waals surface area contributed by atoms with Gasteiger partial charge in [0.25, 0.3) is 0 Å². The summed E-state index contributed by atoms with van der Waals surface area (Å²) < 4.78 is 0. The van der Waals surface area contributed by atoms with Crippen molar-refractivity contribution in [3.8, 4) is 0 Å². The second kappa shape index (κ2) is 9.09. The van der Waals surface area contributed by atoms with Gasteiger partial charge in [-0.05, 0) is 88.1 Å². The van der Waals surface area contributed by atoms with Crippen LogP contribution in [0.1, 0.15) is 56.1 Å². The third-order valence-corrected chi connectivity index (χ3v) is 5.35. The maximum Gasteiger partial charge on any atom is 0.105 e. The van der Waals surface area contributed by atoms with Gasteiger partial charge in [-0.3, -0.25) is 0 Å². The average Bonchev–Trinajstić information content (AvgIpc) is 2.63. The van der Waals surface area contributed by atoms with Crippen molar-refractivity contribution in [2.45, 2.75) is 47.6 Å². The normalized spacial score (nSPS) is 11.1. The molecule has 1 N–H and O–H groups in total. The number of hydrogen-bond acceptors (Lipinski definition) is 3. The Labute approximate surface area is 159 Å². The molecule has 3 heteroatoms.